The molecule has 1 aromatic carbocycles. The lowest BCUT2D eigenvalue weighted by Crippen LogP contribution is -2.29. The van der Waals surface area contributed by atoms with Crippen molar-refractivity contribution in [2.24, 2.45) is 0 Å². The number of aryl methyl sites for hydroxylation is 1. The Morgan fingerprint density at radius 3 is 2.68 bits per heavy atom. The first-order valence-electron chi connectivity index (χ1n) is 12.2. The molecule has 0 atom stereocenters. The first-order valence-corrected chi connectivity index (χ1v) is 12.2. The van der Waals surface area contributed by atoms with E-state index in [1.54, 1.807) is 26.4 Å². The van der Waals surface area contributed by atoms with Crippen LogP contribution in [0, 0.1) is 18.8 Å². The Labute approximate surface area is 222 Å². The molecule has 196 valence electrons. The molecule has 0 unspecified atom stereocenters. The summed E-state index contributed by atoms with van der Waals surface area (Å²) in [7, 11) is 7.60. The lowest BCUT2D eigenvalue weighted by atomic mass is 10.2. The molecule has 0 spiro atoms. The zero-order chi connectivity index (χ0) is 27.2. The summed E-state index contributed by atoms with van der Waals surface area (Å²) >= 11 is 0. The van der Waals surface area contributed by atoms with Crippen molar-refractivity contribution in [3.63, 3.8) is 0 Å². The number of amides is 1. The molecular formula is C28H32N8O2. The van der Waals surface area contributed by atoms with E-state index in [0.29, 0.717) is 28.8 Å². The fraction of sp³-hybridized carbons (Fsp3) is 0.286. The summed E-state index contributed by atoms with van der Waals surface area (Å²) in [6, 6.07) is 9.53. The van der Waals surface area contributed by atoms with Gasteiger partial charge in [-0.2, -0.15) is 0 Å². The minimum atomic E-state index is -0.396. The van der Waals surface area contributed by atoms with Crippen molar-refractivity contribution < 1.29 is 9.53 Å². The first kappa shape index (κ1) is 26.4. The summed E-state index contributed by atoms with van der Waals surface area (Å²) in [4.78, 5) is 30.2. The molecule has 0 saturated heterocycles. The fourth-order valence-corrected chi connectivity index (χ4v) is 4.01. The van der Waals surface area contributed by atoms with Gasteiger partial charge >= 0.3 is 0 Å². The molecule has 10 nitrogen and oxygen atoms in total. The normalized spacial score (nSPS) is 10.7. The van der Waals surface area contributed by atoms with E-state index in [2.05, 4.69) is 42.2 Å². The third-order valence-electron chi connectivity index (χ3n) is 5.99. The third kappa shape index (κ3) is 5.85. The van der Waals surface area contributed by atoms with Gasteiger partial charge in [-0.1, -0.05) is 12.0 Å². The van der Waals surface area contributed by atoms with E-state index in [0.717, 1.165) is 35.7 Å². The van der Waals surface area contributed by atoms with Gasteiger partial charge in [-0.05, 0) is 57.6 Å². The summed E-state index contributed by atoms with van der Waals surface area (Å²) in [6.07, 6.45) is 5.45. The molecule has 0 aliphatic rings. The van der Waals surface area contributed by atoms with Crippen LogP contribution in [-0.2, 0) is 4.79 Å². The van der Waals surface area contributed by atoms with Crippen LogP contribution in [0.2, 0.25) is 0 Å². The maximum Gasteiger partial charge on any atom is 0.300 e. The number of anilines is 4. The van der Waals surface area contributed by atoms with Crippen molar-refractivity contribution in [3.05, 3.63) is 54.5 Å². The van der Waals surface area contributed by atoms with E-state index >= 15 is 0 Å². The Morgan fingerprint density at radius 1 is 1.13 bits per heavy atom. The van der Waals surface area contributed by atoms with Gasteiger partial charge in [0.2, 0.25) is 5.95 Å². The molecule has 3 aromatic heterocycles. The van der Waals surface area contributed by atoms with Crippen LogP contribution >= 0.6 is 0 Å². The number of imidazole rings is 1. The number of rotatable bonds is 9. The maximum atomic E-state index is 12.4. The van der Waals surface area contributed by atoms with E-state index in [1.165, 1.54) is 0 Å². The van der Waals surface area contributed by atoms with Crippen molar-refractivity contribution >= 4 is 34.6 Å². The van der Waals surface area contributed by atoms with Gasteiger partial charge < -0.3 is 25.2 Å². The van der Waals surface area contributed by atoms with Crippen LogP contribution in [-0.4, -0.2) is 71.5 Å². The molecule has 3 heterocycles. The number of carbonyl (C=O) groups is 1. The third-order valence-corrected chi connectivity index (χ3v) is 5.99. The topological polar surface area (TPSA) is 99.9 Å². The SMILES string of the molecule is CC#CC(=O)Nc1cc(Nc2nccc(-c3cnc4c(C)cccn34)n2)c(OC)cc1N(C)CCN(C)C. The highest BCUT2D eigenvalue weighted by molar-refractivity contribution is 6.06. The van der Waals surface area contributed by atoms with Crippen LogP contribution in [0.1, 0.15) is 12.5 Å². The zero-order valence-corrected chi connectivity index (χ0v) is 22.5. The van der Waals surface area contributed by atoms with Crippen LogP contribution in [0.4, 0.5) is 23.0 Å². The smallest absolute Gasteiger partial charge is 0.300 e. The molecule has 0 aliphatic carbocycles. The molecule has 0 saturated carbocycles. The van der Waals surface area contributed by atoms with Gasteiger partial charge in [0.1, 0.15) is 11.4 Å². The number of hydrogen-bond acceptors (Lipinski definition) is 8. The highest BCUT2D eigenvalue weighted by Crippen LogP contribution is 2.38. The van der Waals surface area contributed by atoms with Crippen LogP contribution < -0.4 is 20.3 Å². The molecule has 0 aliphatic heterocycles. The molecule has 1 amide bonds. The van der Waals surface area contributed by atoms with E-state index in [9.17, 15) is 4.79 Å². The number of likely N-dealkylation sites (N-methyl/N-ethyl adjacent to an activating group) is 2. The molecule has 38 heavy (non-hydrogen) atoms. The second-order valence-electron chi connectivity index (χ2n) is 9.04. The second-order valence-corrected chi connectivity index (χ2v) is 9.04. The van der Waals surface area contributed by atoms with Gasteiger partial charge in [0.05, 0.1) is 41.8 Å². The van der Waals surface area contributed by atoms with Gasteiger partial charge in [0.25, 0.3) is 5.91 Å². The van der Waals surface area contributed by atoms with Crippen LogP contribution in [0.15, 0.2) is 48.9 Å². The molecule has 0 fully saturated rings. The van der Waals surface area contributed by atoms with Crippen molar-refractivity contribution in [2.75, 3.05) is 56.9 Å². The predicted molar refractivity (Wildman–Crippen MR) is 151 cm³/mol. The predicted octanol–water partition coefficient (Wildman–Crippen LogP) is 3.81. The molecule has 0 bridgehead atoms. The number of nitrogens with zero attached hydrogens (tertiary/aromatic N) is 6. The van der Waals surface area contributed by atoms with E-state index in [4.69, 9.17) is 9.72 Å². The monoisotopic (exact) mass is 512 g/mol. The van der Waals surface area contributed by atoms with Crippen LogP contribution in [0.25, 0.3) is 17.0 Å². The van der Waals surface area contributed by atoms with Gasteiger partial charge in [0, 0.05) is 38.6 Å². The van der Waals surface area contributed by atoms with Gasteiger partial charge in [-0.3, -0.25) is 9.20 Å². The van der Waals surface area contributed by atoms with Crippen molar-refractivity contribution in [2.45, 2.75) is 13.8 Å². The largest absolute Gasteiger partial charge is 0.494 e. The standard InChI is InChI=1S/C28H32N8O2/c1-7-9-26(37)31-21-16-22(25(38-6)17-23(21)35(5)15-14-34(3)4)33-28-29-12-11-20(32-28)24-18-30-27-19(2)10-8-13-36(24)27/h8,10-13,16-18H,14-15H2,1-6H3,(H,31,37)(H,29,32,33). The number of fused-ring (bicyclic) bond motifs is 1. The maximum absolute atomic E-state index is 12.4. The summed E-state index contributed by atoms with van der Waals surface area (Å²) in [6.45, 7) is 5.23. The summed E-state index contributed by atoms with van der Waals surface area (Å²) < 4.78 is 7.71. The summed E-state index contributed by atoms with van der Waals surface area (Å²) in [5.74, 6) is 5.74. The number of methoxy groups -OCH3 is 1. The Morgan fingerprint density at radius 2 is 1.95 bits per heavy atom. The van der Waals surface area contributed by atoms with Crippen molar-refractivity contribution in [1.29, 1.82) is 0 Å². The van der Waals surface area contributed by atoms with Gasteiger partial charge in [-0.25, -0.2) is 15.0 Å². The summed E-state index contributed by atoms with van der Waals surface area (Å²) in [5.41, 5.74) is 5.52. The molecule has 4 aromatic rings. The molecule has 0 radical (unpaired) electrons. The number of benzene rings is 1. The average molecular weight is 513 g/mol. The van der Waals surface area contributed by atoms with E-state index in [1.807, 2.05) is 69.0 Å². The van der Waals surface area contributed by atoms with E-state index in [-0.39, 0.29) is 0 Å². The number of carbonyl (C=O) groups excluding carboxylic acids is 1. The first-order chi connectivity index (χ1) is 18.3. The summed E-state index contributed by atoms with van der Waals surface area (Å²) in [5, 5.41) is 6.16. The zero-order valence-electron chi connectivity index (χ0n) is 22.5. The van der Waals surface area contributed by atoms with Gasteiger partial charge in [-0.15, -0.1) is 0 Å². The molecule has 2 N–H and O–H groups in total. The lowest BCUT2D eigenvalue weighted by molar-refractivity contribution is -0.111. The number of hydrogen-bond donors (Lipinski definition) is 2. The van der Waals surface area contributed by atoms with Crippen LogP contribution in [0.5, 0.6) is 5.75 Å². The minimum absolute atomic E-state index is 0.378. The highest BCUT2D eigenvalue weighted by Gasteiger charge is 2.17. The Kier molecular flexibility index (Phi) is 8.09. The fourth-order valence-electron chi connectivity index (χ4n) is 4.01. The number of pyridine rings is 1. The lowest BCUT2D eigenvalue weighted by Gasteiger charge is -2.25. The second kappa shape index (κ2) is 11.6. The molecule has 4 rings (SSSR count). The highest BCUT2D eigenvalue weighted by atomic mass is 16.5. The Balaban J connectivity index is 1.71. The number of ether oxygens (including phenoxy) is 1. The van der Waals surface area contributed by atoms with Crippen molar-refractivity contribution in [1.82, 2.24) is 24.3 Å². The minimum Gasteiger partial charge on any atom is -0.494 e. The molecular weight excluding hydrogens is 480 g/mol. The Hall–Kier alpha value is -4.62. The van der Waals surface area contributed by atoms with Gasteiger partial charge in [0.15, 0.2) is 0 Å². The average Bonchev–Trinajstić information content (AvgIpc) is 3.33. The number of aromatic nitrogens is 4. The van der Waals surface area contributed by atoms with Crippen molar-refractivity contribution in [3.8, 4) is 29.0 Å². The number of nitrogens with one attached hydrogen (secondary N) is 2. The van der Waals surface area contributed by atoms with Crippen LogP contribution in [0.3, 0.4) is 0 Å². The molecule has 10 heteroatoms. The van der Waals surface area contributed by atoms with E-state index < -0.39 is 5.91 Å². The quantitative estimate of drug-likeness (QED) is 0.327. The Bertz CT molecular complexity index is 1520.